The molecule has 1 fully saturated rings. The number of rotatable bonds is 4. The van der Waals surface area contributed by atoms with Gasteiger partial charge in [0, 0.05) is 19.6 Å². The van der Waals surface area contributed by atoms with Crippen LogP contribution in [0.2, 0.25) is 0 Å². The lowest BCUT2D eigenvalue weighted by Gasteiger charge is -2.19. The van der Waals surface area contributed by atoms with Crippen molar-refractivity contribution in [2.24, 2.45) is 0 Å². The van der Waals surface area contributed by atoms with Crippen molar-refractivity contribution in [3.8, 4) is 0 Å². The quantitative estimate of drug-likeness (QED) is 0.780. The van der Waals surface area contributed by atoms with Crippen molar-refractivity contribution in [2.75, 3.05) is 33.2 Å². The molecule has 0 bridgehead atoms. The second kappa shape index (κ2) is 6.41. The van der Waals surface area contributed by atoms with Gasteiger partial charge in [-0.15, -0.1) is 0 Å². The predicted octanol–water partition coefficient (Wildman–Crippen LogP) is -0.421. The Morgan fingerprint density at radius 3 is 2.24 bits per heavy atom. The van der Waals surface area contributed by atoms with Crippen LogP contribution in [0.4, 0.5) is 0 Å². The fraction of sp³-hybridized carbons (Fsp3) is 0.500. The molecule has 2 N–H and O–H groups in total. The monoisotopic (exact) mass is 333 g/mol. The number of nitrogens with zero attached hydrogens (tertiary/aromatic N) is 1. The molecule has 1 heterocycles. The van der Waals surface area contributed by atoms with Gasteiger partial charge in [-0.2, -0.15) is 4.31 Å². The molecule has 1 aliphatic rings. The highest BCUT2D eigenvalue weighted by Gasteiger charge is 2.25. The third kappa shape index (κ3) is 3.61. The zero-order chi connectivity index (χ0) is 15.5. The normalized spacial score (nSPS) is 18.3. The van der Waals surface area contributed by atoms with Crippen LogP contribution in [-0.2, 0) is 20.0 Å². The summed E-state index contributed by atoms with van der Waals surface area (Å²) in [6, 6.07) is 5.26. The summed E-state index contributed by atoms with van der Waals surface area (Å²) in [7, 11) is -5.83. The van der Waals surface area contributed by atoms with E-state index in [0.29, 0.717) is 19.6 Å². The number of benzene rings is 1. The molecule has 118 valence electrons. The molecule has 0 aromatic heterocycles. The smallest absolute Gasteiger partial charge is 0.243 e. The van der Waals surface area contributed by atoms with E-state index in [0.717, 1.165) is 13.0 Å². The Morgan fingerprint density at radius 1 is 1.00 bits per heavy atom. The van der Waals surface area contributed by atoms with E-state index < -0.39 is 20.0 Å². The first kappa shape index (κ1) is 16.4. The number of nitrogens with one attached hydrogen (secondary N) is 2. The van der Waals surface area contributed by atoms with Gasteiger partial charge in [0.1, 0.15) is 0 Å². The number of hydrogen-bond donors (Lipinski definition) is 2. The lowest BCUT2D eigenvalue weighted by Crippen LogP contribution is -2.34. The highest BCUT2D eigenvalue weighted by molar-refractivity contribution is 7.89. The molecule has 1 aliphatic heterocycles. The molecule has 7 nitrogen and oxygen atoms in total. The molecule has 9 heteroatoms. The second-order valence-electron chi connectivity index (χ2n) is 4.69. The molecule has 0 unspecified atom stereocenters. The molecule has 0 amide bonds. The van der Waals surface area contributed by atoms with Gasteiger partial charge in [-0.05, 0) is 44.3 Å². The van der Waals surface area contributed by atoms with Gasteiger partial charge < -0.3 is 5.32 Å². The largest absolute Gasteiger partial charge is 0.315 e. The topological polar surface area (TPSA) is 95.6 Å². The molecular formula is C12H19N3O4S2. The van der Waals surface area contributed by atoms with Crippen molar-refractivity contribution in [1.82, 2.24) is 14.3 Å². The van der Waals surface area contributed by atoms with E-state index in [-0.39, 0.29) is 9.79 Å². The van der Waals surface area contributed by atoms with E-state index in [1.807, 2.05) is 0 Å². The van der Waals surface area contributed by atoms with Crippen LogP contribution in [0.3, 0.4) is 0 Å². The maximum absolute atomic E-state index is 12.5. The number of sulfonamides is 2. The van der Waals surface area contributed by atoms with Crippen LogP contribution in [0, 0.1) is 0 Å². The lowest BCUT2D eigenvalue weighted by atomic mass is 10.4. The van der Waals surface area contributed by atoms with Gasteiger partial charge in [-0.1, -0.05) is 0 Å². The SMILES string of the molecule is CNS(=O)(=O)c1ccc(S(=O)(=O)N2CCCNCC2)cc1. The minimum atomic E-state index is -3.58. The van der Waals surface area contributed by atoms with Crippen LogP contribution in [0.15, 0.2) is 34.1 Å². The van der Waals surface area contributed by atoms with Crippen LogP contribution < -0.4 is 10.0 Å². The number of hydrogen-bond acceptors (Lipinski definition) is 5. The molecule has 0 atom stereocenters. The van der Waals surface area contributed by atoms with E-state index in [1.54, 1.807) is 0 Å². The van der Waals surface area contributed by atoms with Gasteiger partial charge in [0.15, 0.2) is 0 Å². The van der Waals surface area contributed by atoms with Gasteiger partial charge in [0.2, 0.25) is 20.0 Å². The third-order valence-corrected chi connectivity index (χ3v) is 6.68. The molecule has 0 spiro atoms. The molecule has 1 saturated heterocycles. The van der Waals surface area contributed by atoms with E-state index in [1.165, 1.54) is 35.6 Å². The van der Waals surface area contributed by atoms with Crippen molar-refractivity contribution in [3.63, 3.8) is 0 Å². The summed E-state index contributed by atoms with van der Waals surface area (Å²) in [6.07, 6.45) is 0.755. The van der Waals surface area contributed by atoms with Gasteiger partial charge in [-0.25, -0.2) is 21.6 Å². The van der Waals surface area contributed by atoms with Crippen molar-refractivity contribution in [1.29, 1.82) is 0 Å². The first-order valence-corrected chi connectivity index (χ1v) is 9.55. The molecule has 0 saturated carbocycles. The summed E-state index contributed by atoms with van der Waals surface area (Å²) >= 11 is 0. The summed E-state index contributed by atoms with van der Waals surface area (Å²) in [5.41, 5.74) is 0. The van der Waals surface area contributed by atoms with Gasteiger partial charge in [-0.3, -0.25) is 0 Å². The maximum atomic E-state index is 12.5. The summed E-state index contributed by atoms with van der Waals surface area (Å²) in [5.74, 6) is 0. The third-order valence-electron chi connectivity index (χ3n) is 3.34. The van der Waals surface area contributed by atoms with Crippen LogP contribution >= 0.6 is 0 Å². The Bertz CT molecular complexity index is 676. The zero-order valence-corrected chi connectivity index (χ0v) is 13.4. The summed E-state index contributed by atoms with van der Waals surface area (Å²) < 4.78 is 51.9. The standard InChI is InChI=1S/C12H19N3O4S2/c1-13-20(16,17)11-3-5-12(6-4-11)21(18,19)15-9-2-7-14-8-10-15/h3-6,13-14H,2,7-10H2,1H3. The Morgan fingerprint density at radius 2 is 1.62 bits per heavy atom. The summed E-state index contributed by atoms with van der Waals surface area (Å²) in [6.45, 7) is 2.29. The lowest BCUT2D eigenvalue weighted by molar-refractivity contribution is 0.432. The first-order chi connectivity index (χ1) is 9.88. The first-order valence-electron chi connectivity index (χ1n) is 6.62. The molecule has 21 heavy (non-hydrogen) atoms. The van der Waals surface area contributed by atoms with E-state index in [9.17, 15) is 16.8 Å². The van der Waals surface area contributed by atoms with Crippen LogP contribution in [0.1, 0.15) is 6.42 Å². The zero-order valence-electron chi connectivity index (χ0n) is 11.7. The Hall–Kier alpha value is -1.00. The van der Waals surface area contributed by atoms with Gasteiger partial charge in [0.25, 0.3) is 0 Å². The molecule has 0 radical (unpaired) electrons. The average Bonchev–Trinajstić information content (AvgIpc) is 2.77. The fourth-order valence-corrected chi connectivity index (χ4v) is 4.33. The van der Waals surface area contributed by atoms with Crippen LogP contribution in [-0.4, -0.2) is 54.4 Å². The summed E-state index contributed by atoms with van der Waals surface area (Å²) in [4.78, 5) is 0.154. The summed E-state index contributed by atoms with van der Waals surface area (Å²) in [5, 5.41) is 3.14. The fourth-order valence-electron chi connectivity index (χ4n) is 2.12. The Balaban J connectivity index is 2.28. The van der Waals surface area contributed by atoms with Gasteiger partial charge >= 0.3 is 0 Å². The molecule has 1 aromatic rings. The highest BCUT2D eigenvalue weighted by atomic mass is 32.2. The predicted molar refractivity (Wildman–Crippen MR) is 78.9 cm³/mol. The average molecular weight is 333 g/mol. The maximum Gasteiger partial charge on any atom is 0.243 e. The molecular weight excluding hydrogens is 314 g/mol. The van der Waals surface area contributed by atoms with Crippen molar-refractivity contribution in [3.05, 3.63) is 24.3 Å². The van der Waals surface area contributed by atoms with E-state index in [4.69, 9.17) is 0 Å². The second-order valence-corrected chi connectivity index (χ2v) is 8.51. The van der Waals surface area contributed by atoms with E-state index >= 15 is 0 Å². The molecule has 0 aliphatic carbocycles. The van der Waals surface area contributed by atoms with Gasteiger partial charge in [0.05, 0.1) is 9.79 Å². The highest BCUT2D eigenvalue weighted by Crippen LogP contribution is 2.19. The van der Waals surface area contributed by atoms with Crippen molar-refractivity contribution >= 4 is 20.0 Å². The molecule has 1 aromatic carbocycles. The van der Waals surface area contributed by atoms with Crippen LogP contribution in [0.5, 0.6) is 0 Å². The molecule has 2 rings (SSSR count). The Kier molecular flexibility index (Phi) is 4.99. The Labute approximate surface area is 125 Å². The van der Waals surface area contributed by atoms with Crippen molar-refractivity contribution in [2.45, 2.75) is 16.2 Å². The van der Waals surface area contributed by atoms with E-state index in [2.05, 4.69) is 10.0 Å². The van der Waals surface area contributed by atoms with Crippen LogP contribution in [0.25, 0.3) is 0 Å². The minimum absolute atomic E-state index is 0.0430. The van der Waals surface area contributed by atoms with Crippen molar-refractivity contribution < 1.29 is 16.8 Å². The minimum Gasteiger partial charge on any atom is -0.315 e.